The van der Waals surface area contributed by atoms with Crippen molar-refractivity contribution in [3.63, 3.8) is 0 Å². The van der Waals surface area contributed by atoms with Crippen LogP contribution in [0.5, 0.6) is 0 Å². The molecule has 1 aliphatic rings. The normalized spacial score (nSPS) is 16.0. The fraction of sp³-hybridized carbons (Fsp3) is 0.350. The van der Waals surface area contributed by atoms with Crippen molar-refractivity contribution in [1.29, 1.82) is 0 Å². The van der Waals surface area contributed by atoms with Crippen LogP contribution in [0, 0.1) is 0 Å². The highest BCUT2D eigenvalue weighted by Gasteiger charge is 2.12. The van der Waals surface area contributed by atoms with Gasteiger partial charge in [0.15, 0.2) is 0 Å². The third-order valence-electron chi connectivity index (χ3n) is 4.16. The summed E-state index contributed by atoms with van der Waals surface area (Å²) in [4.78, 5) is 17.4. The van der Waals surface area contributed by atoms with E-state index in [9.17, 15) is 4.79 Å². The quantitative estimate of drug-likeness (QED) is 0.810. The molecular weight excluding hydrogens is 316 g/mol. The minimum absolute atomic E-state index is 0.0000153. The maximum absolute atomic E-state index is 12.2. The second kappa shape index (κ2) is 8.27. The van der Waals surface area contributed by atoms with Crippen LogP contribution in [0.25, 0.3) is 0 Å². The van der Waals surface area contributed by atoms with Crippen LogP contribution in [0.4, 0.5) is 0 Å². The molecule has 1 atom stereocenters. The Morgan fingerprint density at radius 3 is 2.71 bits per heavy atom. The Kier molecular flexibility index (Phi) is 5.83. The number of hydrogen-bond acceptors (Lipinski definition) is 3. The number of amides is 1. The number of carbonyl (C=O) groups excluding carboxylic acids is 1. The molecule has 1 N–H and O–H groups in total. The number of carbonyl (C=O) groups is 1. The third kappa shape index (κ3) is 4.79. The largest absolute Gasteiger partial charge is 0.349 e. The van der Waals surface area contributed by atoms with Crippen molar-refractivity contribution in [2.24, 2.45) is 0 Å². The molecule has 0 fully saturated rings. The Labute approximate surface area is 148 Å². The fourth-order valence-corrected chi connectivity index (χ4v) is 4.11. The van der Waals surface area contributed by atoms with Gasteiger partial charge < -0.3 is 5.32 Å². The molecule has 24 heavy (non-hydrogen) atoms. The lowest BCUT2D eigenvalue weighted by atomic mass is 10.1. The van der Waals surface area contributed by atoms with E-state index < -0.39 is 0 Å². The summed E-state index contributed by atoms with van der Waals surface area (Å²) in [5.41, 5.74) is 0.717. The summed E-state index contributed by atoms with van der Waals surface area (Å²) in [5, 5.41) is 3.08. The lowest BCUT2D eigenvalue weighted by Gasteiger charge is -2.21. The Bertz CT molecular complexity index is 693. The van der Waals surface area contributed by atoms with E-state index in [4.69, 9.17) is 0 Å². The van der Waals surface area contributed by atoms with Crippen molar-refractivity contribution in [2.75, 3.05) is 13.1 Å². The van der Waals surface area contributed by atoms with Gasteiger partial charge in [-0.25, -0.2) is 0 Å². The maximum Gasteiger partial charge on any atom is 0.251 e. The Morgan fingerprint density at radius 1 is 1.17 bits per heavy atom. The topological polar surface area (TPSA) is 32.3 Å². The molecule has 0 spiro atoms. The van der Waals surface area contributed by atoms with Gasteiger partial charge in [-0.2, -0.15) is 0 Å². The minimum Gasteiger partial charge on any atom is -0.349 e. The van der Waals surface area contributed by atoms with Gasteiger partial charge in [-0.3, -0.25) is 9.69 Å². The molecule has 0 bridgehead atoms. The fourth-order valence-electron chi connectivity index (χ4n) is 2.92. The summed E-state index contributed by atoms with van der Waals surface area (Å²) in [6, 6.07) is 13.9. The van der Waals surface area contributed by atoms with Crippen molar-refractivity contribution in [2.45, 2.75) is 32.4 Å². The molecular formula is C20H24N2OS. The maximum atomic E-state index is 12.2. The second-order valence-electron chi connectivity index (χ2n) is 6.31. The minimum atomic E-state index is -0.0000153. The molecule has 1 aliphatic heterocycles. The highest BCUT2D eigenvalue weighted by Crippen LogP contribution is 2.20. The van der Waals surface area contributed by atoms with Crippen LogP contribution < -0.4 is 5.32 Å². The van der Waals surface area contributed by atoms with E-state index in [-0.39, 0.29) is 11.9 Å². The van der Waals surface area contributed by atoms with Crippen molar-refractivity contribution >= 4 is 17.2 Å². The summed E-state index contributed by atoms with van der Waals surface area (Å²) in [7, 11) is 0. The van der Waals surface area contributed by atoms with E-state index >= 15 is 0 Å². The number of thiophene rings is 1. The Hall–Kier alpha value is -1.91. The standard InChI is InChI=1S/C20H24N2OS/c1-16(21-20(23)17-8-4-2-5-9-17)14-18-10-11-19(24-18)15-22-12-6-3-7-13-22/h2-6,8-11,16H,7,12-15H2,1H3,(H,21,23). The van der Waals surface area contributed by atoms with Gasteiger partial charge in [-0.1, -0.05) is 30.4 Å². The molecule has 126 valence electrons. The predicted octanol–water partition coefficient (Wildman–Crippen LogP) is 3.87. The van der Waals surface area contributed by atoms with Crippen LogP contribution in [0.15, 0.2) is 54.6 Å². The van der Waals surface area contributed by atoms with Gasteiger partial charge >= 0.3 is 0 Å². The van der Waals surface area contributed by atoms with E-state index in [1.807, 2.05) is 41.7 Å². The lowest BCUT2D eigenvalue weighted by Crippen LogP contribution is -2.33. The lowest BCUT2D eigenvalue weighted by molar-refractivity contribution is 0.0940. The van der Waals surface area contributed by atoms with Gasteiger partial charge in [0.1, 0.15) is 0 Å². The predicted molar refractivity (Wildman–Crippen MR) is 100 cm³/mol. The smallest absolute Gasteiger partial charge is 0.251 e. The summed E-state index contributed by atoms with van der Waals surface area (Å²) >= 11 is 1.86. The number of benzene rings is 1. The molecule has 4 heteroatoms. The summed E-state index contributed by atoms with van der Waals surface area (Å²) < 4.78 is 0. The van der Waals surface area contributed by atoms with E-state index in [1.54, 1.807) is 0 Å². The molecule has 3 nitrogen and oxygen atoms in total. The Balaban J connectivity index is 1.50. The number of nitrogens with one attached hydrogen (secondary N) is 1. The zero-order chi connectivity index (χ0) is 16.8. The molecule has 0 saturated carbocycles. The molecule has 3 rings (SSSR count). The van der Waals surface area contributed by atoms with Gasteiger partial charge in [0.2, 0.25) is 0 Å². The zero-order valence-electron chi connectivity index (χ0n) is 14.1. The van der Waals surface area contributed by atoms with Crippen LogP contribution in [-0.4, -0.2) is 29.9 Å². The first-order valence-corrected chi connectivity index (χ1v) is 9.33. The molecule has 1 aromatic carbocycles. The number of nitrogens with zero attached hydrogens (tertiary/aromatic N) is 1. The van der Waals surface area contributed by atoms with E-state index in [0.717, 1.165) is 38.0 Å². The van der Waals surface area contributed by atoms with Crippen molar-refractivity contribution in [3.8, 4) is 0 Å². The SMILES string of the molecule is CC(Cc1ccc(CN2CC=CCC2)s1)NC(=O)c1ccccc1. The average molecular weight is 340 g/mol. The molecule has 1 unspecified atom stereocenters. The average Bonchev–Trinajstić information content (AvgIpc) is 3.03. The number of hydrogen-bond donors (Lipinski definition) is 1. The van der Waals surface area contributed by atoms with Gasteiger partial charge in [-0.15, -0.1) is 11.3 Å². The first kappa shape index (κ1) is 16.9. The molecule has 1 amide bonds. The van der Waals surface area contributed by atoms with Gasteiger partial charge in [0.25, 0.3) is 5.91 Å². The Morgan fingerprint density at radius 2 is 1.96 bits per heavy atom. The van der Waals surface area contributed by atoms with Crippen LogP contribution in [0.2, 0.25) is 0 Å². The summed E-state index contributed by atoms with van der Waals surface area (Å²) in [5.74, 6) is -0.0000153. The highest BCUT2D eigenvalue weighted by molar-refractivity contribution is 7.11. The van der Waals surface area contributed by atoms with Crippen molar-refractivity contribution < 1.29 is 4.79 Å². The molecule has 2 aromatic rings. The third-order valence-corrected chi connectivity index (χ3v) is 5.25. The van der Waals surface area contributed by atoms with E-state index in [1.165, 1.54) is 9.75 Å². The molecule has 0 saturated heterocycles. The zero-order valence-corrected chi connectivity index (χ0v) is 14.9. The van der Waals surface area contributed by atoms with Crippen LogP contribution in [-0.2, 0) is 13.0 Å². The molecule has 0 radical (unpaired) electrons. The van der Waals surface area contributed by atoms with Gasteiger partial charge in [0.05, 0.1) is 0 Å². The van der Waals surface area contributed by atoms with E-state index in [0.29, 0.717) is 0 Å². The van der Waals surface area contributed by atoms with Gasteiger partial charge in [0, 0.05) is 47.4 Å². The van der Waals surface area contributed by atoms with Crippen LogP contribution in [0.3, 0.4) is 0 Å². The van der Waals surface area contributed by atoms with Crippen LogP contribution >= 0.6 is 11.3 Å². The molecule has 1 aromatic heterocycles. The van der Waals surface area contributed by atoms with Crippen LogP contribution in [0.1, 0.15) is 33.5 Å². The molecule has 2 heterocycles. The number of rotatable bonds is 6. The first-order chi connectivity index (χ1) is 11.7. The van der Waals surface area contributed by atoms with E-state index in [2.05, 4.69) is 41.4 Å². The molecule has 0 aliphatic carbocycles. The van der Waals surface area contributed by atoms with Crippen molar-refractivity contribution in [1.82, 2.24) is 10.2 Å². The monoisotopic (exact) mass is 340 g/mol. The van der Waals surface area contributed by atoms with Gasteiger partial charge in [-0.05, 0) is 37.6 Å². The summed E-state index contributed by atoms with van der Waals surface area (Å²) in [6.07, 6.45) is 6.54. The first-order valence-electron chi connectivity index (χ1n) is 8.51. The van der Waals surface area contributed by atoms with Crippen molar-refractivity contribution in [3.05, 3.63) is 69.9 Å². The highest BCUT2D eigenvalue weighted by atomic mass is 32.1. The summed E-state index contributed by atoms with van der Waals surface area (Å²) in [6.45, 7) is 5.29. The second-order valence-corrected chi connectivity index (χ2v) is 7.56.